The molecule has 2 aromatic rings. The number of hydrogen-bond acceptors (Lipinski definition) is 3. The number of anilines is 2. The van der Waals surface area contributed by atoms with E-state index in [1.54, 1.807) is 24.3 Å². The molecule has 0 aromatic heterocycles. The lowest BCUT2D eigenvalue weighted by molar-refractivity contribution is -0.118. The summed E-state index contributed by atoms with van der Waals surface area (Å²) in [4.78, 5) is 23.7. The third-order valence-corrected chi connectivity index (χ3v) is 3.95. The smallest absolute Gasteiger partial charge is 0.262 e. The molecule has 0 bridgehead atoms. The number of aryl methyl sites for hydroxylation is 2. The lowest BCUT2D eigenvalue weighted by Crippen LogP contribution is -2.20. The maximum Gasteiger partial charge on any atom is 0.262 e. The van der Waals surface area contributed by atoms with Gasteiger partial charge in [0.2, 0.25) is 5.91 Å². The Bertz CT molecular complexity index is 760. The number of carbonyl (C=O) groups is 2. The molecule has 0 atom stereocenters. The number of carbonyl (C=O) groups excluding carboxylic acids is 2. The van der Waals surface area contributed by atoms with Crippen LogP contribution in [0.3, 0.4) is 0 Å². The Morgan fingerprint density at radius 3 is 2.08 bits per heavy atom. The first-order valence-corrected chi connectivity index (χ1v) is 8.41. The van der Waals surface area contributed by atoms with Gasteiger partial charge in [-0.05, 0) is 74.2 Å². The van der Waals surface area contributed by atoms with Crippen molar-refractivity contribution in [3.05, 3.63) is 53.6 Å². The summed E-state index contributed by atoms with van der Waals surface area (Å²) < 4.78 is 5.54. The summed E-state index contributed by atoms with van der Waals surface area (Å²) in [5.74, 6) is 0.695. The zero-order valence-corrected chi connectivity index (χ0v) is 14.5. The normalized spacial score (nSPS) is 13.2. The van der Waals surface area contributed by atoms with Crippen LogP contribution in [0.4, 0.5) is 11.4 Å². The zero-order valence-electron chi connectivity index (χ0n) is 14.5. The number of hydrogen-bond donors (Lipinski definition) is 2. The highest BCUT2D eigenvalue weighted by atomic mass is 16.5. The number of amides is 2. The van der Waals surface area contributed by atoms with Crippen molar-refractivity contribution in [1.82, 2.24) is 0 Å². The molecule has 1 aliphatic carbocycles. The number of ether oxygens (including phenoxy) is 1. The maximum atomic E-state index is 12.0. The highest BCUT2D eigenvalue weighted by Crippen LogP contribution is 2.30. The van der Waals surface area contributed by atoms with Gasteiger partial charge in [0, 0.05) is 17.3 Å². The SMILES string of the molecule is Cc1cc(C)cc(OCC(=O)Nc2ccc(NC(=O)C3CC3)cc2)c1. The third-order valence-electron chi connectivity index (χ3n) is 3.95. The van der Waals surface area contributed by atoms with E-state index in [9.17, 15) is 9.59 Å². The van der Waals surface area contributed by atoms with Crippen LogP contribution in [0, 0.1) is 19.8 Å². The monoisotopic (exact) mass is 338 g/mol. The van der Waals surface area contributed by atoms with Crippen LogP contribution in [0.15, 0.2) is 42.5 Å². The predicted molar refractivity (Wildman–Crippen MR) is 97.8 cm³/mol. The number of benzene rings is 2. The molecule has 1 fully saturated rings. The largest absolute Gasteiger partial charge is 0.484 e. The molecule has 1 aliphatic rings. The summed E-state index contributed by atoms with van der Waals surface area (Å²) in [6, 6.07) is 12.9. The van der Waals surface area contributed by atoms with Gasteiger partial charge in [-0.2, -0.15) is 0 Å². The van der Waals surface area contributed by atoms with E-state index in [1.165, 1.54) is 0 Å². The van der Waals surface area contributed by atoms with Crippen LogP contribution in [0.5, 0.6) is 5.75 Å². The molecule has 5 nitrogen and oxygen atoms in total. The molecular weight excluding hydrogens is 316 g/mol. The Balaban J connectivity index is 1.49. The van der Waals surface area contributed by atoms with E-state index in [1.807, 2.05) is 26.0 Å². The van der Waals surface area contributed by atoms with Crippen LogP contribution in [0.2, 0.25) is 0 Å². The van der Waals surface area contributed by atoms with Crippen molar-refractivity contribution in [3.8, 4) is 5.75 Å². The van der Waals surface area contributed by atoms with Crippen LogP contribution < -0.4 is 15.4 Å². The van der Waals surface area contributed by atoms with Gasteiger partial charge in [-0.25, -0.2) is 0 Å². The topological polar surface area (TPSA) is 67.4 Å². The summed E-state index contributed by atoms with van der Waals surface area (Å²) in [5.41, 5.74) is 3.60. The second-order valence-electron chi connectivity index (χ2n) is 6.50. The average molecular weight is 338 g/mol. The molecule has 1 saturated carbocycles. The van der Waals surface area contributed by atoms with Crippen molar-refractivity contribution in [2.45, 2.75) is 26.7 Å². The molecule has 2 N–H and O–H groups in total. The van der Waals surface area contributed by atoms with Crippen molar-refractivity contribution in [2.75, 3.05) is 17.2 Å². The minimum atomic E-state index is -0.228. The van der Waals surface area contributed by atoms with Crippen LogP contribution in [-0.4, -0.2) is 18.4 Å². The highest BCUT2D eigenvalue weighted by molar-refractivity contribution is 5.95. The van der Waals surface area contributed by atoms with E-state index in [0.717, 1.165) is 29.7 Å². The van der Waals surface area contributed by atoms with Gasteiger partial charge in [-0.1, -0.05) is 6.07 Å². The molecule has 0 radical (unpaired) electrons. The van der Waals surface area contributed by atoms with Gasteiger partial charge in [0.05, 0.1) is 0 Å². The fourth-order valence-corrected chi connectivity index (χ4v) is 2.59. The molecule has 0 heterocycles. The Kier molecular flexibility index (Phi) is 5.03. The molecule has 0 aliphatic heterocycles. The van der Waals surface area contributed by atoms with Crippen molar-refractivity contribution in [3.63, 3.8) is 0 Å². The lowest BCUT2D eigenvalue weighted by Gasteiger charge is -2.10. The van der Waals surface area contributed by atoms with E-state index >= 15 is 0 Å². The molecule has 0 spiro atoms. The van der Waals surface area contributed by atoms with Crippen LogP contribution in [0.25, 0.3) is 0 Å². The minimum Gasteiger partial charge on any atom is -0.484 e. The molecule has 0 unspecified atom stereocenters. The second-order valence-corrected chi connectivity index (χ2v) is 6.50. The van der Waals surface area contributed by atoms with Crippen molar-refractivity contribution in [1.29, 1.82) is 0 Å². The van der Waals surface area contributed by atoms with Crippen molar-refractivity contribution >= 4 is 23.2 Å². The summed E-state index contributed by atoms with van der Waals surface area (Å²) in [6.45, 7) is 3.93. The minimum absolute atomic E-state index is 0.0525. The fourth-order valence-electron chi connectivity index (χ4n) is 2.59. The Labute approximate surface area is 147 Å². The summed E-state index contributed by atoms with van der Waals surface area (Å²) in [5, 5.41) is 5.65. The maximum absolute atomic E-state index is 12.0. The van der Waals surface area contributed by atoms with E-state index in [2.05, 4.69) is 16.7 Å². The van der Waals surface area contributed by atoms with Crippen molar-refractivity contribution in [2.24, 2.45) is 5.92 Å². The van der Waals surface area contributed by atoms with Gasteiger partial charge in [-0.15, -0.1) is 0 Å². The average Bonchev–Trinajstić information content (AvgIpc) is 3.39. The molecule has 2 amide bonds. The summed E-state index contributed by atoms with van der Waals surface area (Å²) in [6.07, 6.45) is 1.95. The summed E-state index contributed by atoms with van der Waals surface area (Å²) in [7, 11) is 0. The standard InChI is InChI=1S/C20H22N2O3/c1-13-9-14(2)11-18(10-13)25-12-19(23)21-16-5-7-17(8-6-16)22-20(24)15-3-4-15/h5-11,15H,3-4,12H2,1-2H3,(H,21,23)(H,22,24). The van der Waals surface area contributed by atoms with Gasteiger partial charge in [0.15, 0.2) is 6.61 Å². The molecule has 130 valence electrons. The summed E-state index contributed by atoms with van der Waals surface area (Å²) >= 11 is 0. The number of rotatable bonds is 6. The second kappa shape index (κ2) is 7.38. The highest BCUT2D eigenvalue weighted by Gasteiger charge is 2.29. The van der Waals surface area contributed by atoms with Gasteiger partial charge in [0.1, 0.15) is 5.75 Å². The Hall–Kier alpha value is -2.82. The molecule has 0 saturated heterocycles. The van der Waals surface area contributed by atoms with Crippen molar-refractivity contribution < 1.29 is 14.3 Å². The fraction of sp³-hybridized carbons (Fsp3) is 0.300. The molecule has 2 aromatic carbocycles. The predicted octanol–water partition coefficient (Wildman–Crippen LogP) is 3.67. The first-order valence-electron chi connectivity index (χ1n) is 8.41. The van der Waals surface area contributed by atoms with E-state index in [0.29, 0.717) is 11.4 Å². The lowest BCUT2D eigenvalue weighted by atomic mass is 10.1. The van der Waals surface area contributed by atoms with Crippen LogP contribution in [-0.2, 0) is 9.59 Å². The molecular formula is C20H22N2O3. The Morgan fingerprint density at radius 2 is 1.52 bits per heavy atom. The molecule has 25 heavy (non-hydrogen) atoms. The van der Waals surface area contributed by atoms with Gasteiger partial charge < -0.3 is 15.4 Å². The van der Waals surface area contributed by atoms with Crippen LogP contribution >= 0.6 is 0 Å². The quantitative estimate of drug-likeness (QED) is 0.844. The Morgan fingerprint density at radius 1 is 0.960 bits per heavy atom. The van der Waals surface area contributed by atoms with E-state index in [-0.39, 0.29) is 24.3 Å². The first-order chi connectivity index (χ1) is 12.0. The van der Waals surface area contributed by atoms with Gasteiger partial charge >= 0.3 is 0 Å². The van der Waals surface area contributed by atoms with Gasteiger partial charge in [0.25, 0.3) is 5.91 Å². The third kappa shape index (κ3) is 5.08. The van der Waals surface area contributed by atoms with Crippen LogP contribution in [0.1, 0.15) is 24.0 Å². The van der Waals surface area contributed by atoms with Gasteiger partial charge in [-0.3, -0.25) is 9.59 Å². The molecule has 3 rings (SSSR count). The zero-order chi connectivity index (χ0) is 17.8. The molecule has 5 heteroatoms. The number of nitrogens with one attached hydrogen (secondary N) is 2. The first kappa shape index (κ1) is 17.0. The van der Waals surface area contributed by atoms with E-state index < -0.39 is 0 Å². The van der Waals surface area contributed by atoms with E-state index in [4.69, 9.17) is 4.74 Å².